The Morgan fingerprint density at radius 1 is 1.43 bits per heavy atom. The van der Waals surface area contributed by atoms with Crippen molar-refractivity contribution in [3.63, 3.8) is 0 Å². The van der Waals surface area contributed by atoms with E-state index in [2.05, 4.69) is 34.6 Å². The summed E-state index contributed by atoms with van der Waals surface area (Å²) in [7, 11) is 0. The lowest BCUT2D eigenvalue weighted by Crippen LogP contribution is -2.19. The molecule has 2 N–H and O–H groups in total. The highest BCUT2D eigenvalue weighted by atomic mass is 127. The van der Waals surface area contributed by atoms with E-state index in [0.29, 0.717) is 6.04 Å². The van der Waals surface area contributed by atoms with Crippen molar-refractivity contribution < 1.29 is 0 Å². The molecule has 14 heavy (non-hydrogen) atoms. The highest BCUT2D eigenvalue weighted by Crippen LogP contribution is 2.33. The molecule has 1 fully saturated rings. The van der Waals surface area contributed by atoms with E-state index in [0.717, 1.165) is 15.3 Å². The molecule has 0 amide bonds. The summed E-state index contributed by atoms with van der Waals surface area (Å²) in [6, 6.07) is 0.537. The molecule has 0 spiro atoms. The zero-order chi connectivity index (χ0) is 10.1. The number of hydrogen-bond acceptors (Lipinski definition) is 2. The Morgan fingerprint density at radius 2 is 2.07 bits per heavy atom. The summed E-state index contributed by atoms with van der Waals surface area (Å²) in [5.41, 5.74) is 5.96. The van der Waals surface area contributed by atoms with Crippen molar-refractivity contribution in [3.05, 3.63) is 9.77 Å². The topological polar surface area (TPSA) is 43.8 Å². The Balaban J connectivity index is 2.12. The fourth-order valence-corrected chi connectivity index (χ4v) is 2.50. The second kappa shape index (κ2) is 4.08. The summed E-state index contributed by atoms with van der Waals surface area (Å²) in [5.74, 6) is 1.72. The van der Waals surface area contributed by atoms with Gasteiger partial charge in [0.15, 0.2) is 0 Å². The van der Waals surface area contributed by atoms with Crippen LogP contribution in [0, 0.1) is 9.49 Å². The lowest BCUT2D eigenvalue weighted by atomic mass is 9.87. The normalized spacial score (nSPS) is 27.9. The smallest absolute Gasteiger partial charge is 0.135 e. The molecule has 0 aromatic carbocycles. The molecular formula is C10H16IN3. The fourth-order valence-electron chi connectivity index (χ4n) is 2.13. The predicted octanol–water partition coefficient (Wildman–Crippen LogP) is 2.82. The van der Waals surface area contributed by atoms with Crippen LogP contribution in [0.3, 0.4) is 0 Å². The maximum Gasteiger partial charge on any atom is 0.135 e. The third-order valence-corrected chi connectivity index (χ3v) is 3.95. The van der Waals surface area contributed by atoms with Crippen LogP contribution in [0.1, 0.15) is 38.6 Å². The van der Waals surface area contributed by atoms with E-state index in [-0.39, 0.29) is 0 Å². The van der Waals surface area contributed by atoms with Crippen LogP contribution in [0.2, 0.25) is 0 Å². The number of anilines is 1. The quantitative estimate of drug-likeness (QED) is 0.811. The third kappa shape index (κ3) is 1.89. The molecule has 0 unspecified atom stereocenters. The second-order valence-electron chi connectivity index (χ2n) is 4.24. The minimum atomic E-state index is 0.537. The van der Waals surface area contributed by atoms with Crippen LogP contribution in [0.5, 0.6) is 0 Å². The average molecular weight is 305 g/mol. The molecular weight excluding hydrogens is 289 g/mol. The summed E-state index contributed by atoms with van der Waals surface area (Å²) in [5, 5.41) is 4.35. The SMILES string of the molecule is CC1CCC(n2ncc(I)c2N)CC1. The van der Waals surface area contributed by atoms with E-state index in [4.69, 9.17) is 5.73 Å². The molecule has 1 aliphatic rings. The molecule has 2 rings (SSSR count). The van der Waals surface area contributed by atoms with Gasteiger partial charge in [-0.15, -0.1) is 0 Å². The summed E-state index contributed by atoms with van der Waals surface area (Å²) >= 11 is 2.24. The van der Waals surface area contributed by atoms with Gasteiger partial charge in [-0.3, -0.25) is 0 Å². The van der Waals surface area contributed by atoms with Gasteiger partial charge in [-0.2, -0.15) is 5.10 Å². The van der Waals surface area contributed by atoms with Crippen LogP contribution in [-0.2, 0) is 0 Å². The van der Waals surface area contributed by atoms with Gasteiger partial charge in [-0.25, -0.2) is 4.68 Å². The first-order valence-electron chi connectivity index (χ1n) is 5.17. The van der Waals surface area contributed by atoms with E-state index >= 15 is 0 Å². The van der Waals surface area contributed by atoms with Crippen molar-refractivity contribution in [2.75, 3.05) is 5.73 Å². The molecule has 1 saturated carbocycles. The highest BCUT2D eigenvalue weighted by molar-refractivity contribution is 14.1. The molecule has 0 bridgehead atoms. The number of nitrogen functional groups attached to an aromatic ring is 1. The molecule has 1 aromatic rings. The highest BCUT2D eigenvalue weighted by Gasteiger charge is 2.22. The van der Waals surface area contributed by atoms with Crippen LogP contribution >= 0.6 is 22.6 Å². The third-order valence-electron chi connectivity index (χ3n) is 3.12. The average Bonchev–Trinajstić information content (AvgIpc) is 2.50. The van der Waals surface area contributed by atoms with Gasteiger partial charge in [-0.1, -0.05) is 6.92 Å². The van der Waals surface area contributed by atoms with Gasteiger partial charge in [0.1, 0.15) is 5.82 Å². The van der Waals surface area contributed by atoms with Gasteiger partial charge in [0, 0.05) is 0 Å². The second-order valence-corrected chi connectivity index (χ2v) is 5.40. The monoisotopic (exact) mass is 305 g/mol. The van der Waals surface area contributed by atoms with Crippen LogP contribution in [-0.4, -0.2) is 9.78 Å². The molecule has 4 heteroatoms. The van der Waals surface area contributed by atoms with Gasteiger partial charge in [0.2, 0.25) is 0 Å². The maximum atomic E-state index is 5.96. The minimum Gasteiger partial charge on any atom is -0.383 e. The molecule has 0 atom stereocenters. The van der Waals surface area contributed by atoms with Crippen molar-refractivity contribution in [1.82, 2.24) is 9.78 Å². The number of rotatable bonds is 1. The van der Waals surface area contributed by atoms with Gasteiger partial charge >= 0.3 is 0 Å². The van der Waals surface area contributed by atoms with E-state index < -0.39 is 0 Å². The maximum absolute atomic E-state index is 5.96. The Hall–Kier alpha value is -0.260. The van der Waals surface area contributed by atoms with Crippen LogP contribution < -0.4 is 5.73 Å². The standard InChI is InChI=1S/C10H16IN3/c1-7-2-4-8(5-3-7)14-10(12)9(11)6-13-14/h6-8H,2-5,12H2,1H3. The zero-order valence-electron chi connectivity index (χ0n) is 8.41. The Kier molecular flexibility index (Phi) is 2.99. The van der Waals surface area contributed by atoms with Gasteiger partial charge in [0.05, 0.1) is 15.8 Å². The molecule has 3 nitrogen and oxygen atoms in total. The summed E-state index contributed by atoms with van der Waals surface area (Å²) in [6.45, 7) is 2.33. The summed E-state index contributed by atoms with van der Waals surface area (Å²) < 4.78 is 3.08. The summed E-state index contributed by atoms with van der Waals surface area (Å²) in [6.07, 6.45) is 6.92. The molecule has 0 aliphatic heterocycles. The molecule has 1 aromatic heterocycles. The molecule has 1 heterocycles. The first-order chi connectivity index (χ1) is 6.68. The Morgan fingerprint density at radius 3 is 2.57 bits per heavy atom. The number of aromatic nitrogens is 2. The van der Waals surface area contributed by atoms with Crippen molar-refractivity contribution in [2.24, 2.45) is 5.92 Å². The van der Waals surface area contributed by atoms with Crippen molar-refractivity contribution in [2.45, 2.75) is 38.6 Å². The van der Waals surface area contributed by atoms with Crippen LogP contribution in [0.15, 0.2) is 6.20 Å². The first-order valence-corrected chi connectivity index (χ1v) is 6.25. The van der Waals surface area contributed by atoms with Crippen LogP contribution in [0.4, 0.5) is 5.82 Å². The van der Waals surface area contributed by atoms with Gasteiger partial charge < -0.3 is 5.73 Å². The zero-order valence-corrected chi connectivity index (χ0v) is 10.6. The number of halogens is 1. The van der Waals surface area contributed by atoms with Crippen molar-refractivity contribution in [1.29, 1.82) is 0 Å². The molecule has 78 valence electrons. The Bertz CT molecular complexity index is 313. The lowest BCUT2D eigenvalue weighted by molar-refractivity contribution is 0.276. The van der Waals surface area contributed by atoms with Crippen molar-refractivity contribution >= 4 is 28.4 Å². The summed E-state index contributed by atoms with van der Waals surface area (Å²) in [4.78, 5) is 0. The van der Waals surface area contributed by atoms with E-state index in [1.807, 2.05) is 10.9 Å². The predicted molar refractivity (Wildman–Crippen MR) is 66.0 cm³/mol. The number of hydrogen-bond donors (Lipinski definition) is 1. The molecule has 0 radical (unpaired) electrons. The largest absolute Gasteiger partial charge is 0.383 e. The fraction of sp³-hybridized carbons (Fsp3) is 0.700. The van der Waals surface area contributed by atoms with Gasteiger partial charge in [0.25, 0.3) is 0 Å². The number of nitrogens with zero attached hydrogens (tertiary/aromatic N) is 2. The number of nitrogens with two attached hydrogens (primary N) is 1. The minimum absolute atomic E-state index is 0.537. The van der Waals surface area contributed by atoms with Gasteiger partial charge in [-0.05, 0) is 54.2 Å². The van der Waals surface area contributed by atoms with Crippen LogP contribution in [0.25, 0.3) is 0 Å². The molecule has 0 saturated heterocycles. The lowest BCUT2D eigenvalue weighted by Gasteiger charge is -2.26. The molecule has 1 aliphatic carbocycles. The van der Waals surface area contributed by atoms with E-state index in [9.17, 15) is 0 Å². The van der Waals surface area contributed by atoms with Crippen molar-refractivity contribution in [3.8, 4) is 0 Å². The van der Waals surface area contributed by atoms with E-state index in [1.165, 1.54) is 25.7 Å². The first kappa shape index (κ1) is 10.3. The van der Waals surface area contributed by atoms with E-state index in [1.54, 1.807) is 0 Å². The Labute approximate surface area is 98.2 Å².